The average molecular weight is 237 g/mol. The van der Waals surface area contributed by atoms with Gasteiger partial charge in [0.25, 0.3) is 0 Å². The van der Waals surface area contributed by atoms with Gasteiger partial charge in [0, 0.05) is 6.42 Å². The van der Waals surface area contributed by atoms with Gasteiger partial charge in [0.1, 0.15) is 0 Å². The van der Waals surface area contributed by atoms with E-state index in [9.17, 15) is 0 Å². The molecule has 2 rings (SSSR count). The maximum Gasteiger partial charge on any atom is 0.0858 e. The monoisotopic (exact) mass is 237 g/mol. The van der Waals surface area contributed by atoms with Crippen molar-refractivity contribution in [2.45, 2.75) is 65.2 Å². The molecule has 1 unspecified atom stereocenters. The average Bonchev–Trinajstić information content (AvgIpc) is 2.53. The summed E-state index contributed by atoms with van der Waals surface area (Å²) in [7, 11) is 0. The van der Waals surface area contributed by atoms with Gasteiger partial charge >= 0.3 is 0 Å². The lowest BCUT2D eigenvalue weighted by Gasteiger charge is -2.28. The van der Waals surface area contributed by atoms with Crippen molar-refractivity contribution in [1.29, 1.82) is 0 Å². The first-order valence-corrected chi connectivity index (χ1v) is 6.15. The van der Waals surface area contributed by atoms with Crippen molar-refractivity contribution < 1.29 is 4.74 Å². The molecule has 0 bridgehead atoms. The Hall–Kier alpha value is -1.03. The largest absolute Gasteiger partial charge is 0.396 e. The summed E-state index contributed by atoms with van der Waals surface area (Å²) in [6.07, 6.45) is 0.960. The fourth-order valence-corrected chi connectivity index (χ4v) is 2.89. The summed E-state index contributed by atoms with van der Waals surface area (Å²) in [6.45, 7) is 12.5. The fourth-order valence-electron chi connectivity index (χ4n) is 2.89. The highest BCUT2D eigenvalue weighted by molar-refractivity contribution is 5.47. The lowest BCUT2D eigenvalue weighted by molar-refractivity contribution is -0.0739. The molecule has 1 aromatic heterocycles. The number of anilines is 1. The van der Waals surface area contributed by atoms with Gasteiger partial charge in [-0.15, -0.1) is 0 Å². The molecule has 2 heterocycles. The SMILES string of the molecule is Cc1nn(C2CC(C)(C)OC2(C)C)c(C)c1N. The number of aromatic nitrogens is 2. The van der Waals surface area contributed by atoms with Crippen LogP contribution in [0.4, 0.5) is 5.69 Å². The Morgan fingerprint density at radius 1 is 1.29 bits per heavy atom. The van der Waals surface area contributed by atoms with Crippen LogP contribution >= 0.6 is 0 Å². The standard InChI is InChI=1S/C13H23N3O/c1-8-11(14)9(2)16(15-8)10-7-12(3,4)17-13(10,5)6/h10H,7,14H2,1-6H3. The Morgan fingerprint density at radius 3 is 2.24 bits per heavy atom. The maximum atomic E-state index is 6.11. The molecule has 1 aliphatic heterocycles. The zero-order valence-corrected chi connectivity index (χ0v) is 11.7. The van der Waals surface area contributed by atoms with Gasteiger partial charge in [0.15, 0.2) is 0 Å². The molecule has 0 aromatic carbocycles. The van der Waals surface area contributed by atoms with E-state index in [1.54, 1.807) is 0 Å². The topological polar surface area (TPSA) is 53.1 Å². The third-order valence-corrected chi connectivity index (χ3v) is 3.70. The van der Waals surface area contributed by atoms with Gasteiger partial charge in [-0.05, 0) is 41.5 Å². The molecule has 0 aliphatic carbocycles. The van der Waals surface area contributed by atoms with Crippen LogP contribution in [0.15, 0.2) is 0 Å². The second-order valence-corrected chi connectivity index (χ2v) is 6.21. The van der Waals surface area contributed by atoms with Gasteiger partial charge in [-0.3, -0.25) is 4.68 Å². The normalized spacial score (nSPS) is 26.4. The van der Waals surface area contributed by atoms with Gasteiger partial charge in [-0.1, -0.05) is 0 Å². The first-order chi connectivity index (χ1) is 7.64. The summed E-state index contributed by atoms with van der Waals surface area (Å²) >= 11 is 0. The summed E-state index contributed by atoms with van der Waals surface area (Å²) in [4.78, 5) is 0. The van der Waals surface area contributed by atoms with Crippen molar-refractivity contribution in [2.75, 3.05) is 5.73 Å². The Labute approximate surface area is 103 Å². The zero-order chi connectivity index (χ0) is 13.0. The van der Waals surface area contributed by atoms with E-state index in [1.165, 1.54) is 0 Å². The van der Waals surface area contributed by atoms with Gasteiger partial charge in [0.05, 0.1) is 34.3 Å². The highest BCUT2D eigenvalue weighted by Crippen LogP contribution is 2.45. The first kappa shape index (κ1) is 12.4. The van der Waals surface area contributed by atoms with Crippen LogP contribution in [0, 0.1) is 13.8 Å². The van der Waals surface area contributed by atoms with Crippen molar-refractivity contribution in [3.8, 4) is 0 Å². The summed E-state index contributed by atoms with van der Waals surface area (Å²) < 4.78 is 8.15. The predicted octanol–water partition coefficient (Wildman–Crippen LogP) is 2.60. The first-order valence-electron chi connectivity index (χ1n) is 6.15. The number of aryl methyl sites for hydroxylation is 1. The molecule has 1 aliphatic rings. The Bertz CT molecular complexity index is 446. The van der Waals surface area contributed by atoms with Gasteiger partial charge < -0.3 is 10.5 Å². The third-order valence-electron chi connectivity index (χ3n) is 3.70. The Balaban J connectivity index is 2.44. The molecule has 1 fully saturated rings. The number of rotatable bonds is 1. The molecular weight excluding hydrogens is 214 g/mol. The van der Waals surface area contributed by atoms with E-state index in [2.05, 4.69) is 32.8 Å². The van der Waals surface area contributed by atoms with E-state index in [0.717, 1.165) is 23.5 Å². The smallest absolute Gasteiger partial charge is 0.0858 e. The third kappa shape index (κ3) is 1.95. The number of ether oxygens (including phenoxy) is 1. The van der Waals surface area contributed by atoms with Gasteiger partial charge in [-0.2, -0.15) is 5.10 Å². The van der Waals surface area contributed by atoms with E-state index in [0.29, 0.717) is 0 Å². The fraction of sp³-hybridized carbons (Fsp3) is 0.769. The quantitative estimate of drug-likeness (QED) is 0.816. The molecule has 1 atom stereocenters. The maximum absolute atomic E-state index is 6.11. The minimum atomic E-state index is -0.209. The Morgan fingerprint density at radius 2 is 1.88 bits per heavy atom. The second-order valence-electron chi connectivity index (χ2n) is 6.21. The zero-order valence-electron chi connectivity index (χ0n) is 11.7. The number of nitrogens with zero attached hydrogens (tertiary/aromatic N) is 2. The molecule has 96 valence electrons. The van der Waals surface area contributed by atoms with E-state index in [-0.39, 0.29) is 17.2 Å². The summed E-state index contributed by atoms with van der Waals surface area (Å²) in [6, 6.07) is 0.244. The van der Waals surface area contributed by atoms with E-state index in [1.807, 2.05) is 18.5 Å². The number of nitrogens with two attached hydrogens (primary N) is 1. The van der Waals surface area contributed by atoms with E-state index < -0.39 is 0 Å². The van der Waals surface area contributed by atoms with Crippen LogP contribution in [0.2, 0.25) is 0 Å². The minimum Gasteiger partial charge on any atom is -0.396 e. The van der Waals surface area contributed by atoms with Crippen molar-refractivity contribution >= 4 is 5.69 Å². The van der Waals surface area contributed by atoms with Crippen LogP contribution in [-0.2, 0) is 4.74 Å². The van der Waals surface area contributed by atoms with E-state index >= 15 is 0 Å². The lowest BCUT2D eigenvalue weighted by atomic mass is 9.94. The van der Waals surface area contributed by atoms with Crippen LogP contribution in [-0.4, -0.2) is 21.0 Å². The van der Waals surface area contributed by atoms with Crippen molar-refractivity contribution in [2.24, 2.45) is 0 Å². The number of hydrogen-bond acceptors (Lipinski definition) is 3. The molecular formula is C13H23N3O. The van der Waals surface area contributed by atoms with Gasteiger partial charge in [-0.25, -0.2) is 0 Å². The molecule has 2 N–H and O–H groups in total. The van der Waals surface area contributed by atoms with Crippen molar-refractivity contribution in [1.82, 2.24) is 9.78 Å². The van der Waals surface area contributed by atoms with Crippen LogP contribution in [0.3, 0.4) is 0 Å². The van der Waals surface area contributed by atoms with Gasteiger partial charge in [0.2, 0.25) is 0 Å². The molecule has 1 aromatic rings. The number of hydrogen-bond donors (Lipinski definition) is 1. The molecule has 0 amide bonds. The molecule has 17 heavy (non-hydrogen) atoms. The van der Waals surface area contributed by atoms with Crippen LogP contribution in [0.1, 0.15) is 51.5 Å². The molecule has 0 spiro atoms. The highest BCUT2D eigenvalue weighted by atomic mass is 16.5. The summed E-state index contributed by atoms with van der Waals surface area (Å²) in [5.74, 6) is 0. The second kappa shape index (κ2) is 3.48. The molecule has 4 heteroatoms. The van der Waals surface area contributed by atoms with Crippen molar-refractivity contribution in [3.05, 3.63) is 11.4 Å². The predicted molar refractivity (Wildman–Crippen MR) is 69.0 cm³/mol. The molecule has 0 saturated carbocycles. The van der Waals surface area contributed by atoms with Crippen molar-refractivity contribution in [3.63, 3.8) is 0 Å². The summed E-state index contributed by atoms with van der Waals surface area (Å²) in [5, 5.41) is 4.56. The van der Waals surface area contributed by atoms with Crippen LogP contribution in [0.5, 0.6) is 0 Å². The number of nitrogen functional groups attached to an aromatic ring is 1. The van der Waals surface area contributed by atoms with Crippen LogP contribution in [0.25, 0.3) is 0 Å². The minimum absolute atomic E-state index is 0.102. The van der Waals surface area contributed by atoms with E-state index in [4.69, 9.17) is 10.5 Å². The highest BCUT2D eigenvalue weighted by Gasteiger charge is 2.47. The van der Waals surface area contributed by atoms with Crippen LogP contribution < -0.4 is 5.73 Å². The lowest BCUT2D eigenvalue weighted by Crippen LogP contribution is -2.32. The Kier molecular flexibility index (Phi) is 2.54. The summed E-state index contributed by atoms with van der Waals surface area (Å²) in [5.41, 5.74) is 8.44. The molecule has 0 radical (unpaired) electrons. The molecule has 4 nitrogen and oxygen atoms in total. The molecule has 1 saturated heterocycles.